The minimum atomic E-state index is -4.18. The van der Waals surface area contributed by atoms with E-state index in [1.54, 1.807) is 23.1 Å². The summed E-state index contributed by atoms with van der Waals surface area (Å²) in [5, 5.41) is 5.52. The summed E-state index contributed by atoms with van der Waals surface area (Å²) in [4.78, 5) is 25.5. The smallest absolute Gasteiger partial charge is 0.339 e. The predicted octanol–water partition coefficient (Wildman–Crippen LogP) is 4.14. The normalized spacial score (nSPS) is 11.6. The van der Waals surface area contributed by atoms with Crippen LogP contribution in [0, 0.1) is 0 Å². The van der Waals surface area contributed by atoms with Crippen molar-refractivity contribution in [1.29, 1.82) is 0 Å². The molecule has 186 valence electrons. The molecule has 0 heterocycles. The van der Waals surface area contributed by atoms with Crippen LogP contribution >= 0.6 is 0 Å². The third-order valence-electron chi connectivity index (χ3n) is 4.61. The fourth-order valence-electron chi connectivity index (χ4n) is 3.04. The summed E-state index contributed by atoms with van der Waals surface area (Å²) in [6, 6.07) is 10.2. The number of carbonyl (C=O) groups is 2. The molecule has 2 aromatic rings. The van der Waals surface area contributed by atoms with Gasteiger partial charge in [0.2, 0.25) is 5.91 Å². The molecular weight excluding hydrogens is 458 g/mol. The van der Waals surface area contributed by atoms with Gasteiger partial charge in [0.1, 0.15) is 4.90 Å². The van der Waals surface area contributed by atoms with E-state index in [-0.39, 0.29) is 40.9 Å². The van der Waals surface area contributed by atoms with Gasteiger partial charge in [-0.3, -0.25) is 4.79 Å². The molecule has 0 unspecified atom stereocenters. The second kappa shape index (κ2) is 10.8. The Hall–Kier alpha value is -3.27. The number of hydrogen-bond donors (Lipinski definition) is 2. The van der Waals surface area contributed by atoms with Crippen LogP contribution in [-0.4, -0.2) is 43.9 Å². The number of rotatable bonds is 8. The molecule has 0 aliphatic carbocycles. The average molecular weight is 492 g/mol. The van der Waals surface area contributed by atoms with Crippen LogP contribution in [0.1, 0.15) is 47.1 Å². The first-order valence-electron chi connectivity index (χ1n) is 10.8. The zero-order valence-electron chi connectivity index (χ0n) is 20.6. The molecule has 0 saturated heterocycles. The molecule has 0 fully saturated rings. The third-order valence-corrected chi connectivity index (χ3v) is 5.86. The summed E-state index contributed by atoms with van der Waals surface area (Å²) >= 11 is 0. The Labute approximate surface area is 201 Å². The Bertz CT molecular complexity index is 1120. The van der Waals surface area contributed by atoms with Gasteiger partial charge >= 0.3 is 16.1 Å². The van der Waals surface area contributed by atoms with Gasteiger partial charge < -0.3 is 24.5 Å². The Morgan fingerprint density at radius 1 is 1.03 bits per heavy atom. The monoisotopic (exact) mass is 491 g/mol. The molecule has 0 aromatic heterocycles. The topological polar surface area (TPSA) is 114 Å². The van der Waals surface area contributed by atoms with E-state index in [0.29, 0.717) is 11.3 Å². The van der Waals surface area contributed by atoms with Crippen LogP contribution in [0.3, 0.4) is 0 Å². The van der Waals surface area contributed by atoms with E-state index in [4.69, 9.17) is 8.92 Å². The number of methoxy groups -OCH3 is 1. The first-order valence-corrected chi connectivity index (χ1v) is 12.2. The van der Waals surface area contributed by atoms with Gasteiger partial charge in [0.15, 0.2) is 11.5 Å². The van der Waals surface area contributed by atoms with E-state index in [0.717, 1.165) is 0 Å². The molecule has 0 saturated carbocycles. The third kappa shape index (κ3) is 7.65. The molecule has 0 bridgehead atoms. The minimum Gasteiger partial charge on any atom is -0.493 e. The van der Waals surface area contributed by atoms with E-state index in [1.807, 2.05) is 34.6 Å². The number of urea groups is 1. The lowest BCUT2D eigenvalue weighted by atomic mass is 10.1. The van der Waals surface area contributed by atoms with Crippen LogP contribution in [-0.2, 0) is 21.5 Å². The number of amides is 3. The molecule has 2 aromatic carbocycles. The van der Waals surface area contributed by atoms with Crippen LogP contribution in [0.25, 0.3) is 0 Å². The van der Waals surface area contributed by atoms with Crippen LogP contribution < -0.4 is 19.6 Å². The highest BCUT2D eigenvalue weighted by Gasteiger charge is 2.24. The molecule has 10 heteroatoms. The van der Waals surface area contributed by atoms with Gasteiger partial charge in [-0.25, -0.2) is 4.79 Å². The number of nitrogens with one attached hydrogen (secondary N) is 2. The van der Waals surface area contributed by atoms with E-state index in [9.17, 15) is 18.0 Å². The number of ether oxygens (including phenoxy) is 1. The summed E-state index contributed by atoms with van der Waals surface area (Å²) in [5.74, 6) is -0.0247. The van der Waals surface area contributed by atoms with E-state index in [1.165, 1.54) is 38.3 Å². The van der Waals surface area contributed by atoms with Crippen molar-refractivity contribution < 1.29 is 26.9 Å². The molecule has 0 aliphatic heterocycles. The number of carbonyl (C=O) groups excluding carboxylic acids is 2. The Morgan fingerprint density at radius 2 is 1.65 bits per heavy atom. The molecule has 34 heavy (non-hydrogen) atoms. The molecule has 2 N–H and O–H groups in total. The van der Waals surface area contributed by atoms with Crippen molar-refractivity contribution in [2.75, 3.05) is 12.4 Å². The zero-order valence-corrected chi connectivity index (χ0v) is 21.4. The maximum absolute atomic E-state index is 12.9. The molecule has 0 atom stereocenters. The van der Waals surface area contributed by atoms with Gasteiger partial charge in [-0.15, -0.1) is 0 Å². The van der Waals surface area contributed by atoms with Gasteiger partial charge in [0.05, 0.1) is 7.11 Å². The number of nitrogens with zero attached hydrogens (tertiary/aromatic N) is 1. The first kappa shape index (κ1) is 27.0. The highest BCUT2D eigenvalue weighted by Crippen LogP contribution is 2.32. The first-order chi connectivity index (χ1) is 15.7. The Morgan fingerprint density at radius 3 is 2.15 bits per heavy atom. The molecule has 0 spiro atoms. The SMILES string of the molecule is COc1ccc(CN(C(=O)NC(C)(C)C)C(C)C)cc1OS(=O)(=O)c1ccc(NC(C)=O)cc1. The van der Waals surface area contributed by atoms with Gasteiger partial charge in [-0.1, -0.05) is 6.07 Å². The molecule has 0 aliphatic rings. The molecule has 3 amide bonds. The van der Waals surface area contributed by atoms with E-state index >= 15 is 0 Å². The van der Waals surface area contributed by atoms with Crippen molar-refractivity contribution in [3.63, 3.8) is 0 Å². The summed E-state index contributed by atoms with van der Waals surface area (Å²) in [6.45, 7) is 11.1. The lowest BCUT2D eigenvalue weighted by Crippen LogP contribution is -2.50. The molecule has 9 nitrogen and oxygen atoms in total. The van der Waals surface area contributed by atoms with E-state index < -0.39 is 15.7 Å². The van der Waals surface area contributed by atoms with Gasteiger partial charge in [-0.2, -0.15) is 8.42 Å². The van der Waals surface area contributed by atoms with Crippen molar-refractivity contribution in [3.8, 4) is 11.5 Å². The Kier molecular flexibility index (Phi) is 8.55. The van der Waals surface area contributed by atoms with E-state index in [2.05, 4.69) is 10.6 Å². The number of anilines is 1. The maximum atomic E-state index is 12.9. The van der Waals surface area contributed by atoms with Gasteiger partial charge in [0, 0.05) is 30.7 Å². The fraction of sp³-hybridized carbons (Fsp3) is 0.417. The van der Waals surface area contributed by atoms with Crippen molar-refractivity contribution >= 4 is 27.7 Å². The number of hydrogen-bond acceptors (Lipinski definition) is 6. The van der Waals surface area contributed by atoms with Gasteiger partial charge in [-0.05, 0) is 76.6 Å². The van der Waals surface area contributed by atoms with Crippen LogP contribution in [0.15, 0.2) is 47.4 Å². The molecular formula is C24H33N3O6S. The fourth-order valence-corrected chi connectivity index (χ4v) is 3.97. The minimum absolute atomic E-state index is 0.00544. The predicted molar refractivity (Wildman–Crippen MR) is 131 cm³/mol. The van der Waals surface area contributed by atoms with Crippen LogP contribution in [0.4, 0.5) is 10.5 Å². The quantitative estimate of drug-likeness (QED) is 0.537. The maximum Gasteiger partial charge on any atom is 0.339 e. The second-order valence-electron chi connectivity index (χ2n) is 9.13. The summed E-state index contributed by atoms with van der Waals surface area (Å²) in [6.07, 6.45) is 0. The van der Waals surface area contributed by atoms with Crippen molar-refractivity contribution in [1.82, 2.24) is 10.2 Å². The van der Waals surface area contributed by atoms with Crippen molar-refractivity contribution in [2.24, 2.45) is 0 Å². The van der Waals surface area contributed by atoms with Crippen molar-refractivity contribution in [3.05, 3.63) is 48.0 Å². The summed E-state index contributed by atoms with van der Waals surface area (Å²) in [5.41, 5.74) is 0.736. The lowest BCUT2D eigenvalue weighted by molar-refractivity contribution is -0.114. The lowest BCUT2D eigenvalue weighted by Gasteiger charge is -2.31. The molecule has 0 radical (unpaired) electrons. The standard InChI is InChI=1S/C24H33N3O6S/c1-16(2)27(23(29)26-24(4,5)6)15-18-8-13-21(32-7)22(14-18)33-34(30,31)20-11-9-19(10-12-20)25-17(3)28/h8-14,16H,15H2,1-7H3,(H,25,28)(H,26,29). The zero-order chi connectivity index (χ0) is 25.7. The highest BCUT2D eigenvalue weighted by atomic mass is 32.2. The summed E-state index contributed by atoms with van der Waals surface area (Å²) in [7, 11) is -2.77. The molecule has 2 rings (SSSR count). The second-order valence-corrected chi connectivity index (χ2v) is 10.7. The van der Waals surface area contributed by atoms with Gasteiger partial charge in [0.25, 0.3) is 0 Å². The highest BCUT2D eigenvalue weighted by molar-refractivity contribution is 7.87. The Balaban J connectivity index is 2.30. The average Bonchev–Trinajstić information content (AvgIpc) is 2.70. The van der Waals surface area contributed by atoms with Crippen molar-refractivity contribution in [2.45, 2.75) is 64.6 Å². The summed E-state index contributed by atoms with van der Waals surface area (Å²) < 4.78 is 36.4. The largest absolute Gasteiger partial charge is 0.493 e. The van der Waals surface area contributed by atoms with Crippen LogP contribution in [0.5, 0.6) is 11.5 Å². The van der Waals surface area contributed by atoms with Crippen LogP contribution in [0.2, 0.25) is 0 Å². The number of benzene rings is 2.